The molecule has 0 radical (unpaired) electrons. The van der Waals surface area contributed by atoms with Crippen LogP contribution in [0.2, 0.25) is 0 Å². The predicted octanol–water partition coefficient (Wildman–Crippen LogP) is 3.06. The maximum absolute atomic E-state index is 12.5. The first-order valence-electron chi connectivity index (χ1n) is 8.95. The van der Waals surface area contributed by atoms with Gasteiger partial charge in [-0.1, -0.05) is 62.7 Å². The number of sulfonamides is 1. The minimum Gasteiger partial charge on any atom is -0.272 e. The van der Waals surface area contributed by atoms with E-state index in [2.05, 4.69) is 31.3 Å². The van der Waals surface area contributed by atoms with Crippen molar-refractivity contribution in [2.24, 2.45) is 5.10 Å². The van der Waals surface area contributed by atoms with E-state index in [1.807, 2.05) is 31.2 Å². The molecule has 0 saturated heterocycles. The number of nitrogens with zero attached hydrogens (tertiary/aromatic N) is 2. The van der Waals surface area contributed by atoms with Gasteiger partial charge in [-0.2, -0.15) is 9.41 Å². The van der Waals surface area contributed by atoms with Crippen molar-refractivity contribution in [1.82, 2.24) is 9.73 Å². The van der Waals surface area contributed by atoms with Gasteiger partial charge in [-0.15, -0.1) is 0 Å². The molecule has 0 fully saturated rings. The van der Waals surface area contributed by atoms with Crippen LogP contribution in [0.4, 0.5) is 0 Å². The van der Waals surface area contributed by atoms with Crippen LogP contribution in [-0.2, 0) is 20.2 Å². The molecule has 0 aliphatic heterocycles. The Balaban J connectivity index is 1.94. The Morgan fingerprint density at radius 2 is 1.64 bits per heavy atom. The average molecular weight is 402 g/mol. The summed E-state index contributed by atoms with van der Waals surface area (Å²) in [6, 6.07) is 14.4. The number of nitrogens with one attached hydrogen (secondary N) is 1. The number of rotatable bonds is 6. The maximum Gasteiger partial charge on any atom is 0.255 e. The number of amides is 1. The number of hydrazone groups is 1. The number of aryl methyl sites for hydroxylation is 1. The van der Waals surface area contributed by atoms with Gasteiger partial charge in [0, 0.05) is 7.05 Å². The molecule has 150 valence electrons. The van der Waals surface area contributed by atoms with Crippen molar-refractivity contribution in [2.75, 3.05) is 13.6 Å². The molecule has 28 heavy (non-hydrogen) atoms. The summed E-state index contributed by atoms with van der Waals surface area (Å²) in [5.41, 5.74) is 5.44. The van der Waals surface area contributed by atoms with Gasteiger partial charge >= 0.3 is 0 Å². The third-order valence-corrected chi connectivity index (χ3v) is 6.09. The Labute approximate surface area is 167 Å². The van der Waals surface area contributed by atoms with E-state index in [1.165, 1.54) is 31.0 Å². The summed E-state index contributed by atoms with van der Waals surface area (Å²) < 4.78 is 26.0. The molecule has 1 N–H and O–H groups in total. The van der Waals surface area contributed by atoms with Crippen molar-refractivity contribution in [3.8, 4) is 0 Å². The first-order valence-corrected chi connectivity index (χ1v) is 10.4. The molecule has 0 bridgehead atoms. The number of benzene rings is 2. The second kappa shape index (κ2) is 8.67. The summed E-state index contributed by atoms with van der Waals surface area (Å²) >= 11 is 0. The van der Waals surface area contributed by atoms with Gasteiger partial charge in [-0.3, -0.25) is 4.79 Å². The number of hydrogen-bond donors (Lipinski definition) is 1. The predicted molar refractivity (Wildman–Crippen MR) is 112 cm³/mol. The Bertz CT molecular complexity index is 942. The molecule has 0 aliphatic carbocycles. The molecule has 0 saturated carbocycles. The quantitative estimate of drug-likeness (QED) is 0.597. The van der Waals surface area contributed by atoms with Crippen LogP contribution in [0.3, 0.4) is 0 Å². The Morgan fingerprint density at radius 3 is 2.18 bits per heavy atom. The summed E-state index contributed by atoms with van der Waals surface area (Å²) in [7, 11) is -2.36. The monoisotopic (exact) mass is 401 g/mol. The van der Waals surface area contributed by atoms with E-state index in [0.717, 1.165) is 15.4 Å². The summed E-state index contributed by atoms with van der Waals surface area (Å²) in [5, 5.41) is 3.91. The second-order valence-corrected chi connectivity index (χ2v) is 9.78. The Kier molecular flexibility index (Phi) is 6.74. The van der Waals surface area contributed by atoms with Gasteiger partial charge in [0.15, 0.2) is 0 Å². The van der Waals surface area contributed by atoms with Crippen molar-refractivity contribution >= 4 is 22.1 Å². The van der Waals surface area contributed by atoms with Gasteiger partial charge in [0.25, 0.3) is 5.91 Å². The molecule has 2 aromatic rings. The smallest absolute Gasteiger partial charge is 0.255 e. The van der Waals surface area contributed by atoms with Crippen LogP contribution in [0.5, 0.6) is 0 Å². The van der Waals surface area contributed by atoms with Gasteiger partial charge in [-0.05, 0) is 35.6 Å². The van der Waals surface area contributed by atoms with Gasteiger partial charge in [0.05, 0.1) is 17.7 Å². The zero-order valence-corrected chi connectivity index (χ0v) is 17.7. The van der Waals surface area contributed by atoms with E-state index in [-0.39, 0.29) is 16.9 Å². The Morgan fingerprint density at radius 1 is 1.07 bits per heavy atom. The number of likely N-dealkylation sites (N-methyl/N-ethyl adjacent to an activating group) is 1. The largest absolute Gasteiger partial charge is 0.272 e. The highest BCUT2D eigenvalue weighted by molar-refractivity contribution is 7.89. The van der Waals surface area contributed by atoms with Gasteiger partial charge in [-0.25, -0.2) is 13.8 Å². The first-order chi connectivity index (χ1) is 13.0. The zero-order chi connectivity index (χ0) is 20.9. The summed E-state index contributed by atoms with van der Waals surface area (Å²) in [4.78, 5) is 12.2. The zero-order valence-electron chi connectivity index (χ0n) is 16.9. The average Bonchev–Trinajstić information content (AvgIpc) is 2.61. The summed E-state index contributed by atoms with van der Waals surface area (Å²) in [5.74, 6) is -0.513. The van der Waals surface area contributed by atoms with Crippen molar-refractivity contribution in [3.05, 3.63) is 65.2 Å². The lowest BCUT2D eigenvalue weighted by Gasteiger charge is -2.18. The van der Waals surface area contributed by atoms with Crippen LogP contribution in [0.25, 0.3) is 0 Å². The van der Waals surface area contributed by atoms with Crippen molar-refractivity contribution < 1.29 is 13.2 Å². The minimum absolute atomic E-state index is 0.0669. The van der Waals surface area contributed by atoms with E-state index >= 15 is 0 Å². The fraction of sp³-hybridized carbons (Fsp3) is 0.333. The van der Waals surface area contributed by atoms with Crippen LogP contribution in [0.15, 0.2) is 58.5 Å². The topological polar surface area (TPSA) is 78.8 Å². The number of carbonyl (C=O) groups is 1. The molecule has 0 unspecified atom stereocenters. The van der Waals surface area contributed by atoms with Crippen LogP contribution < -0.4 is 5.43 Å². The Hall–Kier alpha value is -2.51. The molecule has 0 aliphatic rings. The van der Waals surface area contributed by atoms with Gasteiger partial charge in [0.2, 0.25) is 10.0 Å². The molecule has 0 spiro atoms. The molecule has 6 nitrogen and oxygen atoms in total. The highest BCUT2D eigenvalue weighted by Crippen LogP contribution is 2.21. The highest BCUT2D eigenvalue weighted by atomic mass is 32.2. The molecule has 2 aromatic carbocycles. The van der Waals surface area contributed by atoms with E-state index < -0.39 is 15.9 Å². The van der Waals surface area contributed by atoms with Gasteiger partial charge < -0.3 is 0 Å². The van der Waals surface area contributed by atoms with Crippen molar-refractivity contribution in [3.63, 3.8) is 0 Å². The molecule has 0 heterocycles. The highest BCUT2D eigenvalue weighted by Gasteiger charge is 2.22. The van der Waals surface area contributed by atoms with E-state index in [9.17, 15) is 13.2 Å². The SMILES string of the molecule is Cc1ccc(S(=O)(=O)N(C)CC(=O)N/N=C/c2ccc(C(C)(C)C)cc2)cc1. The fourth-order valence-corrected chi connectivity index (χ4v) is 3.59. The molecule has 2 rings (SSSR count). The maximum atomic E-state index is 12.5. The normalized spacial score (nSPS) is 12.5. The van der Waals surface area contributed by atoms with E-state index in [4.69, 9.17) is 0 Å². The standard InChI is InChI=1S/C21H27N3O3S/c1-16-6-12-19(13-7-16)28(26,27)24(5)15-20(25)23-22-14-17-8-10-18(11-9-17)21(2,3)4/h6-14H,15H2,1-5H3,(H,23,25)/b22-14+. The fourth-order valence-electron chi connectivity index (χ4n) is 2.46. The summed E-state index contributed by atoms with van der Waals surface area (Å²) in [6.07, 6.45) is 1.53. The lowest BCUT2D eigenvalue weighted by Crippen LogP contribution is -2.36. The third kappa shape index (κ3) is 5.74. The molecular formula is C21H27N3O3S. The molecule has 0 aromatic heterocycles. The minimum atomic E-state index is -3.73. The third-order valence-electron chi connectivity index (χ3n) is 4.28. The number of carbonyl (C=O) groups excluding carboxylic acids is 1. The van der Waals surface area contributed by atoms with Crippen molar-refractivity contribution in [2.45, 2.75) is 38.0 Å². The van der Waals surface area contributed by atoms with Crippen LogP contribution in [0.1, 0.15) is 37.5 Å². The lowest BCUT2D eigenvalue weighted by atomic mass is 9.87. The first kappa shape index (κ1) is 21.8. The van der Waals surface area contributed by atoms with Crippen LogP contribution >= 0.6 is 0 Å². The van der Waals surface area contributed by atoms with Crippen molar-refractivity contribution in [1.29, 1.82) is 0 Å². The molecule has 7 heteroatoms. The van der Waals surface area contributed by atoms with Crippen LogP contribution in [0, 0.1) is 6.92 Å². The van der Waals surface area contributed by atoms with E-state index in [0.29, 0.717) is 0 Å². The van der Waals surface area contributed by atoms with E-state index in [1.54, 1.807) is 12.1 Å². The summed E-state index contributed by atoms with van der Waals surface area (Å²) in [6.45, 7) is 7.96. The lowest BCUT2D eigenvalue weighted by molar-refractivity contribution is -0.121. The van der Waals surface area contributed by atoms with Gasteiger partial charge in [0.1, 0.15) is 0 Å². The molecule has 1 amide bonds. The number of hydrogen-bond acceptors (Lipinski definition) is 4. The molecule has 0 atom stereocenters. The molecular weight excluding hydrogens is 374 g/mol. The second-order valence-electron chi connectivity index (χ2n) is 7.74. The van der Waals surface area contributed by atoms with Crippen LogP contribution in [-0.4, -0.2) is 38.4 Å².